The van der Waals surface area contributed by atoms with Crippen molar-refractivity contribution in [2.24, 2.45) is 23.7 Å². The number of esters is 1. The number of benzene rings is 1. The lowest BCUT2D eigenvalue weighted by Crippen LogP contribution is -2.56. The molecule has 3 aliphatic heterocycles. The summed E-state index contributed by atoms with van der Waals surface area (Å²) in [4.78, 5) is 75.5. The summed E-state index contributed by atoms with van der Waals surface area (Å²) >= 11 is 0. The van der Waals surface area contributed by atoms with Crippen LogP contribution in [0.5, 0.6) is 0 Å². The van der Waals surface area contributed by atoms with Crippen molar-refractivity contribution in [1.82, 2.24) is 20.1 Å². The number of amides is 3. The predicted molar refractivity (Wildman–Crippen MR) is 181 cm³/mol. The van der Waals surface area contributed by atoms with Crippen LogP contribution in [-0.4, -0.2) is 86.4 Å². The number of hydrogen-bond donors (Lipinski definition) is 2. The number of carbonyl (C=O) groups excluding carboxylic acids is 4. The fourth-order valence-electron chi connectivity index (χ4n) is 7.77. The third kappa shape index (κ3) is 7.40. The Morgan fingerprint density at radius 3 is 2.53 bits per heavy atom. The van der Waals surface area contributed by atoms with Gasteiger partial charge in [0.25, 0.3) is 5.91 Å². The summed E-state index contributed by atoms with van der Waals surface area (Å²) < 4.78 is 5.59. The lowest BCUT2D eigenvalue weighted by molar-refractivity contribution is -0.159. The second kappa shape index (κ2) is 13.8. The number of allylic oxidation sites excluding steroid dienone is 1. The van der Waals surface area contributed by atoms with Gasteiger partial charge in [-0.3, -0.25) is 24.2 Å². The third-order valence-electron chi connectivity index (χ3n) is 10.3. The molecule has 1 aromatic heterocycles. The van der Waals surface area contributed by atoms with Crippen LogP contribution in [0.2, 0.25) is 0 Å². The molecular formula is C38H46N4O7. The van der Waals surface area contributed by atoms with Crippen molar-refractivity contribution < 1.29 is 33.8 Å². The fraction of sp³-hybridized carbons (Fsp3) is 0.526. The molecule has 2 aromatic rings. The van der Waals surface area contributed by atoms with Crippen molar-refractivity contribution in [3.63, 3.8) is 0 Å². The van der Waals surface area contributed by atoms with Gasteiger partial charge in [0, 0.05) is 49.5 Å². The molecule has 2 saturated heterocycles. The summed E-state index contributed by atoms with van der Waals surface area (Å²) in [6.45, 7) is 6.09. The zero-order valence-corrected chi connectivity index (χ0v) is 28.5. The van der Waals surface area contributed by atoms with Crippen LogP contribution in [-0.2, 0) is 23.9 Å². The average molecular weight is 671 g/mol. The predicted octanol–water partition coefficient (Wildman–Crippen LogP) is 4.48. The standard InChI is InChI=1S/C38H46N4O7/c1-37(2,3)49-31(43)19-26-14-8-5-4-6-11-15-28-20-38(28,36(47)48)40-33(44)32-29-23-41(21-27(29)22-42(32)34(26)45)35(46)30-18-25(16-17-39-30)24-12-9-7-10-13-24/h7,9-13,15-18,26-29,32H,4-6,8,14,19-23H2,1-3H3,(H,40,44)(H,47,48)/b15-11-/t26-,27-,28+,29-,32-,38+/m0/s1. The van der Waals surface area contributed by atoms with E-state index in [2.05, 4.69) is 10.3 Å². The van der Waals surface area contributed by atoms with Crippen LogP contribution in [0.1, 0.15) is 76.2 Å². The molecular weight excluding hydrogens is 624 g/mol. The number of nitrogens with zero attached hydrogens (tertiary/aromatic N) is 3. The first-order chi connectivity index (χ1) is 23.4. The van der Waals surface area contributed by atoms with E-state index in [4.69, 9.17) is 4.74 Å². The fourth-order valence-corrected chi connectivity index (χ4v) is 7.77. The maximum atomic E-state index is 14.4. The maximum Gasteiger partial charge on any atom is 0.330 e. The molecule has 4 aliphatic rings. The van der Waals surface area contributed by atoms with Gasteiger partial charge in [-0.05, 0) is 69.7 Å². The molecule has 6 atom stereocenters. The van der Waals surface area contributed by atoms with Crippen molar-refractivity contribution >= 4 is 29.7 Å². The van der Waals surface area contributed by atoms with E-state index in [-0.39, 0.29) is 55.3 Å². The molecule has 4 heterocycles. The maximum absolute atomic E-state index is 14.4. The minimum Gasteiger partial charge on any atom is -0.479 e. The number of rotatable bonds is 5. The third-order valence-corrected chi connectivity index (χ3v) is 10.3. The summed E-state index contributed by atoms with van der Waals surface area (Å²) in [6, 6.07) is 12.3. The summed E-state index contributed by atoms with van der Waals surface area (Å²) in [5, 5.41) is 13.1. The highest BCUT2D eigenvalue weighted by molar-refractivity contribution is 5.97. The van der Waals surface area contributed by atoms with Crippen molar-refractivity contribution in [2.75, 3.05) is 19.6 Å². The lowest BCUT2D eigenvalue weighted by Gasteiger charge is -2.32. The number of aromatic nitrogens is 1. The SMILES string of the molecule is CC(C)(C)OC(=O)C[C@@H]1CCCCC/C=C\[C@@H]2C[C@@]2(C(=O)O)NC(=O)[C@@H]2[C@H]3CN(C(=O)c4cc(-c5ccccc5)ccn4)C[C@H]3CN2C1=O. The lowest BCUT2D eigenvalue weighted by atomic mass is 9.92. The number of ether oxygens (including phenoxy) is 1. The molecule has 3 fully saturated rings. The van der Waals surface area contributed by atoms with E-state index < -0.39 is 46.9 Å². The molecule has 2 N–H and O–H groups in total. The van der Waals surface area contributed by atoms with Crippen LogP contribution in [0.25, 0.3) is 11.1 Å². The van der Waals surface area contributed by atoms with Gasteiger partial charge in [-0.25, -0.2) is 4.79 Å². The number of nitrogens with one attached hydrogen (secondary N) is 1. The molecule has 3 amide bonds. The van der Waals surface area contributed by atoms with Crippen LogP contribution in [0.3, 0.4) is 0 Å². The Morgan fingerprint density at radius 1 is 1.02 bits per heavy atom. The van der Waals surface area contributed by atoms with Gasteiger partial charge in [-0.2, -0.15) is 0 Å². The smallest absolute Gasteiger partial charge is 0.330 e. The first-order valence-corrected chi connectivity index (χ1v) is 17.4. The van der Waals surface area contributed by atoms with E-state index in [0.29, 0.717) is 13.0 Å². The van der Waals surface area contributed by atoms with Crippen LogP contribution >= 0.6 is 0 Å². The van der Waals surface area contributed by atoms with Gasteiger partial charge in [0.2, 0.25) is 11.8 Å². The summed E-state index contributed by atoms with van der Waals surface area (Å²) in [5.74, 6) is -4.34. The number of aliphatic carboxylic acids is 1. The Labute approximate surface area is 287 Å². The van der Waals surface area contributed by atoms with E-state index in [1.54, 1.807) is 42.8 Å². The molecule has 1 aliphatic carbocycles. The molecule has 0 bridgehead atoms. The molecule has 0 unspecified atom stereocenters. The van der Waals surface area contributed by atoms with Crippen LogP contribution in [0.4, 0.5) is 0 Å². The van der Waals surface area contributed by atoms with Crippen molar-refractivity contribution in [3.8, 4) is 11.1 Å². The molecule has 1 aromatic carbocycles. The number of carboxylic acid groups (broad SMARTS) is 1. The van der Waals surface area contributed by atoms with Crippen molar-refractivity contribution in [1.29, 1.82) is 0 Å². The van der Waals surface area contributed by atoms with Gasteiger partial charge < -0.3 is 25.0 Å². The largest absolute Gasteiger partial charge is 0.479 e. The second-order valence-corrected chi connectivity index (χ2v) is 15.0. The second-order valence-electron chi connectivity index (χ2n) is 15.0. The number of fused-ring (bicyclic) bond motifs is 4. The molecule has 11 nitrogen and oxygen atoms in total. The van der Waals surface area contributed by atoms with Gasteiger partial charge in [-0.1, -0.05) is 55.3 Å². The Bertz CT molecular complexity index is 1640. The van der Waals surface area contributed by atoms with E-state index in [0.717, 1.165) is 36.8 Å². The Balaban J connectivity index is 1.27. The van der Waals surface area contributed by atoms with Crippen molar-refractivity contribution in [2.45, 2.75) is 82.9 Å². The van der Waals surface area contributed by atoms with Gasteiger partial charge >= 0.3 is 11.9 Å². The summed E-state index contributed by atoms with van der Waals surface area (Å²) in [7, 11) is 0. The van der Waals surface area contributed by atoms with Crippen LogP contribution in [0, 0.1) is 23.7 Å². The highest BCUT2D eigenvalue weighted by Gasteiger charge is 2.62. The normalized spacial score (nSPS) is 29.4. The minimum absolute atomic E-state index is 0.106. The first-order valence-electron chi connectivity index (χ1n) is 17.4. The molecule has 11 heteroatoms. The van der Waals surface area contributed by atoms with E-state index in [1.165, 1.54) is 0 Å². The molecule has 0 radical (unpaired) electrons. The Kier molecular flexibility index (Phi) is 9.64. The summed E-state index contributed by atoms with van der Waals surface area (Å²) in [5.41, 5.74) is -0.0431. The molecule has 0 spiro atoms. The van der Waals surface area contributed by atoms with Gasteiger partial charge in [0.05, 0.1) is 6.42 Å². The number of hydrogen-bond acceptors (Lipinski definition) is 7. The average Bonchev–Trinajstić information content (AvgIpc) is 3.41. The zero-order chi connectivity index (χ0) is 34.9. The number of carboxylic acids is 1. The number of likely N-dealkylation sites (tertiary alicyclic amines) is 1. The number of carbonyl (C=O) groups is 5. The highest BCUT2D eigenvalue weighted by Crippen LogP contribution is 2.46. The van der Waals surface area contributed by atoms with E-state index in [1.807, 2.05) is 48.6 Å². The Hall–Kier alpha value is -4.54. The van der Waals surface area contributed by atoms with E-state index in [9.17, 15) is 29.1 Å². The van der Waals surface area contributed by atoms with Crippen LogP contribution < -0.4 is 5.32 Å². The topological polar surface area (TPSA) is 146 Å². The highest BCUT2D eigenvalue weighted by atomic mass is 16.6. The zero-order valence-electron chi connectivity index (χ0n) is 28.5. The Morgan fingerprint density at radius 2 is 1.80 bits per heavy atom. The molecule has 49 heavy (non-hydrogen) atoms. The van der Waals surface area contributed by atoms with E-state index >= 15 is 0 Å². The quantitative estimate of drug-likeness (QED) is 0.350. The summed E-state index contributed by atoms with van der Waals surface area (Å²) in [6.07, 6.45) is 9.30. The first kappa shape index (κ1) is 34.3. The minimum atomic E-state index is -1.44. The molecule has 1 saturated carbocycles. The molecule has 260 valence electrons. The number of pyridine rings is 1. The van der Waals surface area contributed by atoms with Gasteiger partial charge in [-0.15, -0.1) is 0 Å². The molecule has 6 rings (SSSR count). The monoisotopic (exact) mass is 670 g/mol. The van der Waals surface area contributed by atoms with Crippen molar-refractivity contribution in [3.05, 3.63) is 66.5 Å². The van der Waals surface area contributed by atoms with Gasteiger partial charge in [0.15, 0.2) is 0 Å². The van der Waals surface area contributed by atoms with Crippen LogP contribution in [0.15, 0.2) is 60.8 Å². The van der Waals surface area contributed by atoms with Gasteiger partial charge in [0.1, 0.15) is 22.9 Å².